The molecule has 2 nitrogen and oxygen atoms in total. The Morgan fingerprint density at radius 3 is 2.85 bits per heavy atom. The lowest BCUT2D eigenvalue weighted by atomic mass is 10.0. The van der Waals surface area contributed by atoms with Gasteiger partial charge in [-0.15, -0.1) is 0 Å². The Bertz CT molecular complexity index is 465. The van der Waals surface area contributed by atoms with E-state index < -0.39 is 11.6 Å². The van der Waals surface area contributed by atoms with Gasteiger partial charge in [-0.1, -0.05) is 13.8 Å². The second-order valence-corrected chi connectivity index (χ2v) is 6.69. The molecule has 0 aromatic heterocycles. The van der Waals surface area contributed by atoms with Crippen LogP contribution < -0.4 is 5.32 Å². The van der Waals surface area contributed by atoms with Crippen LogP contribution in [0.1, 0.15) is 25.8 Å². The number of nitrogens with zero attached hydrogens (tertiary/aromatic N) is 1. The molecule has 20 heavy (non-hydrogen) atoms. The van der Waals surface area contributed by atoms with Gasteiger partial charge in [-0.25, -0.2) is 8.78 Å². The summed E-state index contributed by atoms with van der Waals surface area (Å²) in [6.45, 7) is 7.23. The summed E-state index contributed by atoms with van der Waals surface area (Å²) in [5.41, 5.74) is 0.157. The highest BCUT2D eigenvalue weighted by Crippen LogP contribution is 2.23. The quantitative estimate of drug-likeness (QED) is 0.838. The molecule has 0 radical (unpaired) electrons. The molecule has 1 saturated heterocycles. The number of hydrogen-bond acceptors (Lipinski definition) is 2. The molecule has 1 fully saturated rings. The lowest BCUT2D eigenvalue weighted by Gasteiger charge is -2.34. The van der Waals surface area contributed by atoms with Crippen LogP contribution in [0.25, 0.3) is 0 Å². The molecule has 0 saturated carbocycles. The molecule has 0 spiro atoms. The van der Waals surface area contributed by atoms with Crippen LogP contribution in [0.5, 0.6) is 0 Å². The van der Waals surface area contributed by atoms with E-state index in [-0.39, 0.29) is 5.56 Å². The molecule has 2 rings (SSSR count). The van der Waals surface area contributed by atoms with Gasteiger partial charge in [0.2, 0.25) is 0 Å². The fourth-order valence-corrected chi connectivity index (χ4v) is 3.07. The van der Waals surface area contributed by atoms with Crippen LogP contribution in [0, 0.1) is 17.6 Å². The van der Waals surface area contributed by atoms with E-state index in [4.69, 9.17) is 0 Å². The fourth-order valence-electron chi connectivity index (χ4n) is 2.70. The normalized spacial score (nSPS) is 20.6. The van der Waals surface area contributed by atoms with Crippen LogP contribution in [-0.2, 0) is 6.54 Å². The van der Waals surface area contributed by atoms with Crippen molar-refractivity contribution in [3.05, 3.63) is 33.8 Å². The Labute approximate surface area is 127 Å². The molecule has 1 aliphatic heterocycles. The highest BCUT2D eigenvalue weighted by Gasteiger charge is 2.22. The summed E-state index contributed by atoms with van der Waals surface area (Å²) < 4.78 is 28.1. The van der Waals surface area contributed by atoms with E-state index in [0.717, 1.165) is 26.1 Å². The zero-order chi connectivity index (χ0) is 14.7. The highest BCUT2D eigenvalue weighted by molar-refractivity contribution is 9.10. The van der Waals surface area contributed by atoms with E-state index in [1.165, 1.54) is 12.1 Å². The summed E-state index contributed by atoms with van der Waals surface area (Å²) in [6, 6.07) is 3.13. The number of benzene rings is 1. The molecule has 1 atom stereocenters. The third-order valence-electron chi connectivity index (χ3n) is 3.62. The predicted molar refractivity (Wildman–Crippen MR) is 80.6 cm³/mol. The minimum absolute atomic E-state index is 0.157. The second kappa shape index (κ2) is 6.96. The zero-order valence-corrected chi connectivity index (χ0v) is 13.5. The largest absolute Gasteiger partial charge is 0.311 e. The third kappa shape index (κ3) is 3.99. The maximum atomic E-state index is 14.0. The minimum atomic E-state index is -0.482. The Kier molecular flexibility index (Phi) is 5.52. The van der Waals surface area contributed by atoms with Gasteiger partial charge >= 0.3 is 0 Å². The summed E-state index contributed by atoms with van der Waals surface area (Å²) in [5.74, 6) is -0.333. The molecule has 5 heteroatoms. The average Bonchev–Trinajstić information content (AvgIpc) is 2.39. The predicted octanol–water partition coefficient (Wildman–Crippen LogP) is 3.55. The highest BCUT2D eigenvalue weighted by atomic mass is 79.9. The van der Waals surface area contributed by atoms with Crippen LogP contribution in [0.15, 0.2) is 16.6 Å². The Morgan fingerprint density at radius 2 is 2.15 bits per heavy atom. The van der Waals surface area contributed by atoms with Crippen molar-refractivity contribution < 1.29 is 8.78 Å². The lowest BCUT2D eigenvalue weighted by molar-refractivity contribution is 0.176. The first-order chi connectivity index (χ1) is 9.47. The second-order valence-electron chi connectivity index (χ2n) is 5.84. The summed E-state index contributed by atoms with van der Waals surface area (Å²) >= 11 is 3.12. The van der Waals surface area contributed by atoms with Crippen LogP contribution in [-0.4, -0.2) is 30.6 Å². The molecule has 1 unspecified atom stereocenters. The van der Waals surface area contributed by atoms with Crippen molar-refractivity contribution >= 4 is 15.9 Å². The van der Waals surface area contributed by atoms with Crippen molar-refractivity contribution in [1.29, 1.82) is 0 Å². The molecule has 112 valence electrons. The maximum absolute atomic E-state index is 14.0. The van der Waals surface area contributed by atoms with Crippen LogP contribution in [0.2, 0.25) is 0 Å². The van der Waals surface area contributed by atoms with Gasteiger partial charge in [0.25, 0.3) is 0 Å². The van der Waals surface area contributed by atoms with Crippen LogP contribution in [0.4, 0.5) is 8.78 Å². The lowest BCUT2D eigenvalue weighted by Crippen LogP contribution is -2.50. The molecule has 0 bridgehead atoms. The summed E-state index contributed by atoms with van der Waals surface area (Å²) in [6.07, 6.45) is 1.08. The first-order valence-electron chi connectivity index (χ1n) is 7.05. The molecular formula is C15H21BrF2N2. The van der Waals surface area contributed by atoms with E-state index in [0.29, 0.717) is 23.0 Å². The van der Waals surface area contributed by atoms with Crippen LogP contribution in [0.3, 0.4) is 0 Å². The molecule has 0 amide bonds. The maximum Gasteiger partial charge on any atom is 0.144 e. The minimum Gasteiger partial charge on any atom is -0.311 e. The number of rotatable bonds is 4. The Balaban J connectivity index is 2.04. The molecule has 0 aliphatic carbocycles. The van der Waals surface area contributed by atoms with Gasteiger partial charge in [0.15, 0.2) is 0 Å². The van der Waals surface area contributed by atoms with E-state index in [1.54, 1.807) is 0 Å². The number of hydrogen-bond donors (Lipinski definition) is 1. The van der Waals surface area contributed by atoms with Crippen molar-refractivity contribution in [1.82, 2.24) is 10.2 Å². The third-order valence-corrected chi connectivity index (χ3v) is 4.23. The van der Waals surface area contributed by atoms with Gasteiger partial charge in [0.1, 0.15) is 11.6 Å². The summed E-state index contributed by atoms with van der Waals surface area (Å²) in [4.78, 5) is 2.12. The standard InChI is InChI=1S/C15H21BrF2N2/c1-10(2)7-11-8-20(6-5-19-11)9-12-14(17)4-3-13(16)15(12)18/h3-4,10-11,19H,5-9H2,1-2H3. The molecular weight excluding hydrogens is 326 g/mol. The topological polar surface area (TPSA) is 15.3 Å². The number of piperazine rings is 1. The molecule has 1 heterocycles. The Hall–Kier alpha value is -0.520. The zero-order valence-electron chi connectivity index (χ0n) is 11.9. The van der Waals surface area contributed by atoms with Gasteiger partial charge in [-0.3, -0.25) is 4.90 Å². The summed E-state index contributed by atoms with van der Waals surface area (Å²) in [7, 11) is 0. The van der Waals surface area contributed by atoms with Gasteiger partial charge in [-0.05, 0) is 40.4 Å². The van der Waals surface area contributed by atoms with Gasteiger partial charge in [0, 0.05) is 37.8 Å². The number of halogens is 3. The van der Waals surface area contributed by atoms with Crippen molar-refractivity contribution in [3.8, 4) is 0 Å². The first kappa shape index (κ1) is 15.9. The Morgan fingerprint density at radius 1 is 1.40 bits per heavy atom. The summed E-state index contributed by atoms with van der Waals surface area (Å²) in [5, 5.41) is 3.47. The first-order valence-corrected chi connectivity index (χ1v) is 7.84. The molecule has 1 aromatic carbocycles. The van der Waals surface area contributed by atoms with E-state index in [2.05, 4.69) is 40.0 Å². The van der Waals surface area contributed by atoms with Crippen molar-refractivity contribution in [2.75, 3.05) is 19.6 Å². The average molecular weight is 347 g/mol. The van der Waals surface area contributed by atoms with Gasteiger partial charge in [0.05, 0.1) is 4.47 Å². The number of nitrogens with one attached hydrogen (secondary N) is 1. The smallest absolute Gasteiger partial charge is 0.144 e. The SMILES string of the molecule is CC(C)CC1CN(Cc2c(F)ccc(Br)c2F)CCN1. The van der Waals surface area contributed by atoms with Crippen molar-refractivity contribution in [3.63, 3.8) is 0 Å². The molecule has 1 aliphatic rings. The van der Waals surface area contributed by atoms with Gasteiger partial charge in [-0.2, -0.15) is 0 Å². The fraction of sp³-hybridized carbons (Fsp3) is 0.600. The van der Waals surface area contributed by atoms with E-state index >= 15 is 0 Å². The molecule has 1 aromatic rings. The van der Waals surface area contributed by atoms with Crippen molar-refractivity contribution in [2.24, 2.45) is 5.92 Å². The van der Waals surface area contributed by atoms with Crippen molar-refractivity contribution in [2.45, 2.75) is 32.9 Å². The van der Waals surface area contributed by atoms with E-state index in [9.17, 15) is 8.78 Å². The monoisotopic (exact) mass is 346 g/mol. The van der Waals surface area contributed by atoms with E-state index in [1.807, 2.05) is 0 Å². The molecule has 1 N–H and O–H groups in total. The van der Waals surface area contributed by atoms with Crippen LogP contribution >= 0.6 is 15.9 Å². The van der Waals surface area contributed by atoms with Gasteiger partial charge < -0.3 is 5.32 Å².